The Labute approximate surface area is 190 Å². The number of carbonyl (C=O) groups is 3. The van der Waals surface area contributed by atoms with Crippen molar-refractivity contribution in [3.05, 3.63) is 27.7 Å². The van der Waals surface area contributed by atoms with Crippen molar-refractivity contribution in [2.75, 3.05) is 26.2 Å². The highest BCUT2D eigenvalue weighted by Crippen LogP contribution is 2.27. The number of hydrogen-bond donors (Lipinski definition) is 3. The molecule has 3 N–H and O–H groups in total. The fourth-order valence-corrected chi connectivity index (χ4v) is 2.90. The summed E-state index contributed by atoms with van der Waals surface area (Å²) in [6.07, 6.45) is 0.830. The zero-order valence-electron chi connectivity index (χ0n) is 17.5. The Morgan fingerprint density at radius 2 is 1.70 bits per heavy atom. The fourth-order valence-electron chi connectivity index (χ4n) is 2.17. The predicted molar refractivity (Wildman–Crippen MR) is 119 cm³/mol. The zero-order valence-corrected chi connectivity index (χ0v) is 19.8. The van der Waals surface area contributed by atoms with Gasteiger partial charge < -0.3 is 25.4 Å². The van der Waals surface area contributed by atoms with E-state index in [2.05, 4.69) is 31.9 Å². The van der Waals surface area contributed by atoms with E-state index < -0.39 is 11.7 Å². The van der Waals surface area contributed by atoms with Gasteiger partial charge in [0, 0.05) is 24.0 Å². The summed E-state index contributed by atoms with van der Waals surface area (Å²) in [5, 5.41) is 8.33. The monoisotopic (exact) mass is 505 g/mol. The Hall–Kier alpha value is -2.00. The second kappa shape index (κ2) is 13.3. The van der Waals surface area contributed by atoms with Gasteiger partial charge in [-0.1, -0.05) is 27.5 Å². The van der Waals surface area contributed by atoms with Crippen LogP contribution in [0.1, 0.15) is 40.0 Å². The quantitative estimate of drug-likeness (QED) is 0.399. The van der Waals surface area contributed by atoms with Gasteiger partial charge in [0.25, 0.3) is 0 Å². The molecule has 0 spiro atoms. The van der Waals surface area contributed by atoms with E-state index >= 15 is 0 Å². The molecule has 0 aliphatic heterocycles. The Bertz CT molecular complexity index is 725. The summed E-state index contributed by atoms with van der Waals surface area (Å²) in [5.74, 6) is 0.173. The van der Waals surface area contributed by atoms with Gasteiger partial charge in [-0.15, -0.1) is 0 Å². The van der Waals surface area contributed by atoms with E-state index in [-0.39, 0.29) is 18.4 Å². The van der Waals surface area contributed by atoms with E-state index in [9.17, 15) is 14.4 Å². The van der Waals surface area contributed by atoms with Gasteiger partial charge in [0.1, 0.15) is 11.4 Å². The predicted octanol–water partition coefficient (Wildman–Crippen LogP) is 3.41. The molecule has 0 radical (unpaired) electrons. The first kappa shape index (κ1) is 26.0. The summed E-state index contributed by atoms with van der Waals surface area (Å²) < 4.78 is 11.5. The molecule has 0 heterocycles. The maximum Gasteiger partial charge on any atom is 0.408 e. The molecular weight excluding hydrogens is 478 g/mol. The van der Waals surface area contributed by atoms with Crippen molar-refractivity contribution in [1.82, 2.24) is 16.0 Å². The number of carbonyl (C=O) groups excluding carboxylic acids is 3. The lowest BCUT2D eigenvalue weighted by Crippen LogP contribution is -2.40. The van der Waals surface area contributed by atoms with Gasteiger partial charge in [0.15, 0.2) is 0 Å². The molecule has 1 rings (SSSR count). The molecular formula is C20H29BrClN3O5. The molecule has 0 saturated heterocycles. The molecule has 0 unspecified atom stereocenters. The highest BCUT2D eigenvalue weighted by atomic mass is 79.9. The Kier molecular flexibility index (Phi) is 11.6. The van der Waals surface area contributed by atoms with Crippen LogP contribution in [0.3, 0.4) is 0 Å². The number of nitrogens with one attached hydrogen (secondary N) is 3. The van der Waals surface area contributed by atoms with E-state index in [1.807, 2.05) is 6.07 Å². The molecule has 0 saturated carbocycles. The van der Waals surface area contributed by atoms with Crippen molar-refractivity contribution in [2.45, 2.75) is 45.6 Å². The maximum absolute atomic E-state index is 11.8. The number of rotatable bonds is 11. The van der Waals surface area contributed by atoms with Crippen LogP contribution >= 0.6 is 27.5 Å². The molecule has 10 heteroatoms. The number of hydrogen-bond acceptors (Lipinski definition) is 5. The minimum atomic E-state index is -0.642. The van der Waals surface area contributed by atoms with Crippen LogP contribution in [0.15, 0.2) is 22.7 Å². The summed E-state index contributed by atoms with van der Waals surface area (Å²) in [6.45, 7) is 6.28. The highest BCUT2D eigenvalue weighted by molar-refractivity contribution is 9.10. The largest absolute Gasteiger partial charge is 0.492 e. The molecule has 1 aromatic rings. The fraction of sp³-hybridized carbons (Fsp3) is 0.550. The maximum atomic E-state index is 11.8. The summed E-state index contributed by atoms with van der Waals surface area (Å²) >= 11 is 9.39. The number of benzene rings is 1. The van der Waals surface area contributed by atoms with E-state index in [0.717, 1.165) is 4.47 Å². The Morgan fingerprint density at radius 3 is 2.33 bits per heavy atom. The van der Waals surface area contributed by atoms with Crippen LogP contribution in [0.4, 0.5) is 4.79 Å². The van der Waals surface area contributed by atoms with Crippen LogP contribution in [0.25, 0.3) is 0 Å². The Balaban J connectivity index is 2.03. The van der Waals surface area contributed by atoms with Gasteiger partial charge in [0.05, 0.1) is 18.2 Å². The first-order chi connectivity index (χ1) is 14.1. The third-order valence-corrected chi connectivity index (χ3v) is 4.28. The molecule has 0 fully saturated rings. The van der Waals surface area contributed by atoms with Gasteiger partial charge in [-0.05, 0) is 51.8 Å². The van der Waals surface area contributed by atoms with Gasteiger partial charge in [-0.2, -0.15) is 0 Å². The zero-order chi connectivity index (χ0) is 22.6. The standard InChI is InChI=1S/C20H29BrClN3O5/c1-20(2,3)30-19(28)25-13-18(27)24-10-5-9-23-17(26)6-4-11-29-16-8-7-14(21)12-15(16)22/h7-8,12H,4-6,9-11,13H2,1-3H3,(H,23,26)(H,24,27)(H,25,28). The SMILES string of the molecule is CC(C)(C)OC(=O)NCC(=O)NCCCNC(=O)CCCOc1ccc(Br)cc1Cl. The van der Waals surface area contributed by atoms with Crippen molar-refractivity contribution < 1.29 is 23.9 Å². The smallest absolute Gasteiger partial charge is 0.408 e. The summed E-state index contributed by atoms with van der Waals surface area (Å²) in [4.78, 5) is 34.9. The van der Waals surface area contributed by atoms with Gasteiger partial charge >= 0.3 is 6.09 Å². The number of halogens is 2. The third-order valence-electron chi connectivity index (χ3n) is 3.49. The molecule has 3 amide bonds. The molecule has 1 aromatic carbocycles. The molecule has 8 nitrogen and oxygen atoms in total. The number of alkyl carbamates (subject to hydrolysis) is 1. The van der Waals surface area contributed by atoms with Gasteiger partial charge in [-0.3, -0.25) is 9.59 Å². The number of amides is 3. The van der Waals surface area contributed by atoms with Gasteiger partial charge in [0.2, 0.25) is 11.8 Å². The summed E-state index contributed by atoms with van der Waals surface area (Å²) in [6, 6.07) is 5.35. The molecule has 168 valence electrons. The summed E-state index contributed by atoms with van der Waals surface area (Å²) in [5.41, 5.74) is -0.614. The van der Waals surface area contributed by atoms with Crippen LogP contribution in [-0.4, -0.2) is 49.7 Å². The summed E-state index contributed by atoms with van der Waals surface area (Å²) in [7, 11) is 0. The third kappa shape index (κ3) is 12.5. The van der Waals surface area contributed by atoms with Crippen molar-refractivity contribution in [3.63, 3.8) is 0 Å². The van der Waals surface area contributed by atoms with E-state index in [1.54, 1.807) is 32.9 Å². The van der Waals surface area contributed by atoms with Crippen LogP contribution in [-0.2, 0) is 14.3 Å². The van der Waals surface area contributed by atoms with E-state index in [1.165, 1.54) is 0 Å². The lowest BCUT2D eigenvalue weighted by atomic mass is 10.2. The molecule has 0 aliphatic carbocycles. The lowest BCUT2D eigenvalue weighted by molar-refractivity contribution is -0.121. The second-order valence-corrected chi connectivity index (χ2v) is 8.76. The average Bonchev–Trinajstić information content (AvgIpc) is 2.63. The molecule has 0 aromatic heterocycles. The molecule has 0 bridgehead atoms. The van der Waals surface area contributed by atoms with E-state index in [0.29, 0.717) is 49.7 Å². The lowest BCUT2D eigenvalue weighted by Gasteiger charge is -2.19. The van der Waals surface area contributed by atoms with Crippen LogP contribution < -0.4 is 20.7 Å². The minimum Gasteiger partial charge on any atom is -0.492 e. The van der Waals surface area contributed by atoms with E-state index in [4.69, 9.17) is 21.1 Å². The van der Waals surface area contributed by atoms with Gasteiger partial charge in [-0.25, -0.2) is 4.79 Å². The minimum absolute atomic E-state index is 0.0848. The van der Waals surface area contributed by atoms with Crippen LogP contribution in [0.2, 0.25) is 5.02 Å². The molecule has 30 heavy (non-hydrogen) atoms. The highest BCUT2D eigenvalue weighted by Gasteiger charge is 2.16. The second-order valence-electron chi connectivity index (χ2n) is 7.44. The number of ether oxygens (including phenoxy) is 2. The first-order valence-electron chi connectivity index (χ1n) is 9.65. The Morgan fingerprint density at radius 1 is 1.03 bits per heavy atom. The molecule has 0 aliphatic rings. The average molecular weight is 507 g/mol. The van der Waals surface area contributed by atoms with Crippen molar-refractivity contribution in [1.29, 1.82) is 0 Å². The van der Waals surface area contributed by atoms with Crippen LogP contribution in [0, 0.1) is 0 Å². The van der Waals surface area contributed by atoms with Crippen molar-refractivity contribution in [2.24, 2.45) is 0 Å². The van der Waals surface area contributed by atoms with Crippen molar-refractivity contribution in [3.8, 4) is 5.75 Å². The topological polar surface area (TPSA) is 106 Å². The normalized spacial score (nSPS) is 10.8. The van der Waals surface area contributed by atoms with Crippen LogP contribution in [0.5, 0.6) is 5.75 Å². The molecule has 0 atom stereocenters. The van der Waals surface area contributed by atoms with Crippen molar-refractivity contribution >= 4 is 45.4 Å². The first-order valence-corrected chi connectivity index (χ1v) is 10.8.